The predicted octanol–water partition coefficient (Wildman–Crippen LogP) is 7.89. The lowest BCUT2D eigenvalue weighted by Crippen LogP contribution is -2.30. The van der Waals surface area contributed by atoms with Crippen molar-refractivity contribution in [2.75, 3.05) is 17.7 Å². The van der Waals surface area contributed by atoms with Crippen LogP contribution < -0.4 is 20.7 Å². The van der Waals surface area contributed by atoms with Gasteiger partial charge in [-0.15, -0.1) is 11.8 Å². The molecule has 1 atom stereocenters. The third-order valence-corrected chi connectivity index (χ3v) is 8.22. The molecule has 0 aliphatic heterocycles. The molecule has 8 heteroatoms. The van der Waals surface area contributed by atoms with Gasteiger partial charge in [-0.3, -0.25) is 14.4 Å². The normalized spacial score (nSPS) is 11.7. The Morgan fingerprint density at radius 1 is 0.739 bits per heavy atom. The Kier molecular flexibility index (Phi) is 10.7. The molecule has 0 saturated carbocycles. The molecule has 0 saturated heterocycles. The van der Waals surface area contributed by atoms with Crippen LogP contribution in [0.15, 0.2) is 144 Å². The van der Waals surface area contributed by atoms with Crippen molar-refractivity contribution in [1.82, 2.24) is 5.32 Å². The topological polar surface area (TPSA) is 96.5 Å². The van der Waals surface area contributed by atoms with Crippen LogP contribution in [0.5, 0.6) is 5.75 Å². The highest BCUT2D eigenvalue weighted by molar-refractivity contribution is 8.00. The summed E-state index contributed by atoms with van der Waals surface area (Å²) in [5.41, 5.74) is 4.27. The van der Waals surface area contributed by atoms with Crippen LogP contribution in [0.3, 0.4) is 0 Å². The van der Waals surface area contributed by atoms with Gasteiger partial charge in [-0.25, -0.2) is 0 Å². The second-order valence-electron chi connectivity index (χ2n) is 10.4. The molecule has 0 aliphatic rings. The molecule has 46 heavy (non-hydrogen) atoms. The molecule has 0 fully saturated rings. The number of ether oxygens (including phenoxy) is 1. The maximum Gasteiger partial charge on any atom is 0.272 e. The molecular formula is C38H33N3O4S. The van der Waals surface area contributed by atoms with Crippen LogP contribution in [0.1, 0.15) is 32.3 Å². The first-order valence-corrected chi connectivity index (χ1v) is 15.5. The number of nitrogens with one attached hydrogen (secondary N) is 3. The minimum atomic E-state index is -0.598. The largest absolute Gasteiger partial charge is 0.495 e. The van der Waals surface area contributed by atoms with Crippen LogP contribution in [0.25, 0.3) is 6.08 Å². The molecule has 1 unspecified atom stereocenters. The number of benzene rings is 5. The number of rotatable bonds is 11. The smallest absolute Gasteiger partial charge is 0.272 e. The van der Waals surface area contributed by atoms with Crippen molar-refractivity contribution in [3.8, 4) is 5.75 Å². The number of hydrogen-bond acceptors (Lipinski definition) is 5. The highest BCUT2D eigenvalue weighted by atomic mass is 32.2. The number of methoxy groups -OCH3 is 1. The summed E-state index contributed by atoms with van der Waals surface area (Å²) in [6, 6.07) is 40.4. The number of amides is 3. The van der Waals surface area contributed by atoms with E-state index in [4.69, 9.17) is 4.74 Å². The van der Waals surface area contributed by atoms with E-state index in [1.807, 2.05) is 91.9 Å². The van der Waals surface area contributed by atoms with Crippen LogP contribution >= 0.6 is 11.8 Å². The SMILES string of the molecule is COc1ccccc1NC(=O)C(Sc1cccc(NC(=O)/C(=C/c2ccc(C)cc2)NC(=O)c2ccccc2)c1)c1ccccc1. The monoisotopic (exact) mass is 627 g/mol. The van der Waals surface area contributed by atoms with Gasteiger partial charge in [-0.2, -0.15) is 0 Å². The lowest BCUT2D eigenvalue weighted by atomic mass is 10.1. The van der Waals surface area contributed by atoms with Gasteiger partial charge in [0.15, 0.2) is 0 Å². The summed E-state index contributed by atoms with van der Waals surface area (Å²) < 4.78 is 5.42. The van der Waals surface area contributed by atoms with Gasteiger partial charge in [0, 0.05) is 16.1 Å². The Morgan fingerprint density at radius 2 is 1.41 bits per heavy atom. The van der Waals surface area contributed by atoms with Gasteiger partial charge in [-0.1, -0.05) is 96.6 Å². The van der Waals surface area contributed by atoms with Gasteiger partial charge in [0.05, 0.1) is 12.8 Å². The van der Waals surface area contributed by atoms with Crippen molar-refractivity contribution in [3.05, 3.63) is 161 Å². The van der Waals surface area contributed by atoms with E-state index in [2.05, 4.69) is 16.0 Å². The van der Waals surface area contributed by atoms with E-state index >= 15 is 0 Å². The first kappa shape index (κ1) is 31.8. The van der Waals surface area contributed by atoms with Gasteiger partial charge in [0.25, 0.3) is 11.8 Å². The summed E-state index contributed by atoms with van der Waals surface area (Å²) in [6.07, 6.45) is 1.64. The van der Waals surface area contributed by atoms with Crippen LogP contribution in [-0.2, 0) is 9.59 Å². The van der Waals surface area contributed by atoms with Crippen molar-refractivity contribution >= 4 is 46.9 Å². The average Bonchev–Trinajstić information content (AvgIpc) is 3.09. The molecule has 7 nitrogen and oxygen atoms in total. The summed E-state index contributed by atoms with van der Waals surface area (Å²) >= 11 is 1.36. The first-order chi connectivity index (χ1) is 22.4. The van der Waals surface area contributed by atoms with Crippen LogP contribution in [0.4, 0.5) is 11.4 Å². The number of anilines is 2. The zero-order valence-electron chi connectivity index (χ0n) is 25.4. The minimum Gasteiger partial charge on any atom is -0.495 e. The lowest BCUT2D eigenvalue weighted by molar-refractivity contribution is -0.116. The van der Waals surface area contributed by atoms with Crippen molar-refractivity contribution in [3.63, 3.8) is 0 Å². The van der Waals surface area contributed by atoms with E-state index in [1.54, 1.807) is 61.7 Å². The fourth-order valence-electron chi connectivity index (χ4n) is 4.60. The maximum absolute atomic E-state index is 13.6. The molecule has 0 aromatic heterocycles. The van der Waals surface area contributed by atoms with Gasteiger partial charge in [0.1, 0.15) is 16.7 Å². The van der Waals surface area contributed by atoms with Crippen molar-refractivity contribution < 1.29 is 19.1 Å². The Labute approximate surface area is 272 Å². The summed E-state index contributed by atoms with van der Waals surface area (Å²) in [7, 11) is 1.56. The van der Waals surface area contributed by atoms with Crippen LogP contribution in [0.2, 0.25) is 0 Å². The van der Waals surface area contributed by atoms with Crippen molar-refractivity contribution in [1.29, 1.82) is 0 Å². The van der Waals surface area contributed by atoms with Crippen LogP contribution in [-0.4, -0.2) is 24.8 Å². The van der Waals surface area contributed by atoms with Gasteiger partial charge in [-0.05, 0) is 66.6 Å². The van der Waals surface area contributed by atoms with E-state index in [0.29, 0.717) is 22.7 Å². The van der Waals surface area contributed by atoms with E-state index < -0.39 is 17.1 Å². The van der Waals surface area contributed by atoms with E-state index in [9.17, 15) is 14.4 Å². The standard InChI is InChI=1S/C38H33N3O4S/c1-26-20-22-27(23-21-26)24-33(41-36(42)29-14-7-4-8-15-29)37(43)39-30-16-11-17-31(25-30)46-35(28-12-5-3-6-13-28)38(44)40-32-18-9-10-19-34(32)45-2/h3-25,35H,1-2H3,(H,39,43)(H,40,44)(H,41,42)/b33-24-. The highest BCUT2D eigenvalue weighted by Gasteiger charge is 2.24. The lowest BCUT2D eigenvalue weighted by Gasteiger charge is -2.19. The third kappa shape index (κ3) is 8.52. The maximum atomic E-state index is 13.6. The predicted molar refractivity (Wildman–Crippen MR) is 185 cm³/mol. The zero-order chi connectivity index (χ0) is 32.3. The quantitative estimate of drug-likeness (QED) is 0.102. The average molecular weight is 628 g/mol. The molecule has 0 bridgehead atoms. The fraction of sp³-hybridized carbons (Fsp3) is 0.0789. The molecule has 230 valence electrons. The number of carbonyl (C=O) groups is 3. The van der Waals surface area contributed by atoms with E-state index in [-0.39, 0.29) is 11.6 Å². The Balaban J connectivity index is 1.38. The number of aryl methyl sites for hydroxylation is 1. The Morgan fingerprint density at radius 3 is 2.13 bits per heavy atom. The molecule has 5 rings (SSSR count). The fourth-order valence-corrected chi connectivity index (χ4v) is 5.68. The highest BCUT2D eigenvalue weighted by Crippen LogP contribution is 2.38. The van der Waals surface area contributed by atoms with Gasteiger partial charge < -0.3 is 20.7 Å². The number of thioether (sulfide) groups is 1. The molecule has 3 N–H and O–H groups in total. The second kappa shape index (κ2) is 15.4. The Hall–Kier alpha value is -5.60. The molecule has 0 spiro atoms. The summed E-state index contributed by atoms with van der Waals surface area (Å²) in [4.78, 5) is 41.0. The second-order valence-corrected chi connectivity index (χ2v) is 11.5. The van der Waals surface area contributed by atoms with E-state index in [1.165, 1.54) is 11.8 Å². The van der Waals surface area contributed by atoms with Gasteiger partial charge >= 0.3 is 0 Å². The first-order valence-electron chi connectivity index (χ1n) is 14.6. The molecule has 3 amide bonds. The van der Waals surface area contributed by atoms with E-state index in [0.717, 1.165) is 21.6 Å². The summed E-state index contributed by atoms with van der Waals surface area (Å²) in [6.45, 7) is 1.98. The van der Waals surface area contributed by atoms with Crippen molar-refractivity contribution in [2.24, 2.45) is 0 Å². The van der Waals surface area contributed by atoms with Crippen molar-refractivity contribution in [2.45, 2.75) is 17.1 Å². The zero-order valence-corrected chi connectivity index (χ0v) is 26.2. The molecule has 5 aromatic rings. The molecule has 5 aromatic carbocycles. The van der Waals surface area contributed by atoms with Crippen LogP contribution in [0, 0.1) is 6.92 Å². The number of hydrogen-bond donors (Lipinski definition) is 3. The third-order valence-electron chi connectivity index (χ3n) is 6.97. The minimum absolute atomic E-state index is 0.0918. The number of carbonyl (C=O) groups excluding carboxylic acids is 3. The molecular weight excluding hydrogens is 595 g/mol. The summed E-state index contributed by atoms with van der Waals surface area (Å²) in [5.74, 6) is -0.543. The summed E-state index contributed by atoms with van der Waals surface area (Å²) in [5, 5.41) is 8.09. The molecule has 0 heterocycles. The number of para-hydroxylation sites is 2. The van der Waals surface area contributed by atoms with Gasteiger partial charge in [0.2, 0.25) is 5.91 Å². The molecule has 0 aliphatic carbocycles. The Bertz CT molecular complexity index is 1840. The molecule has 0 radical (unpaired) electrons.